The van der Waals surface area contributed by atoms with Gasteiger partial charge in [0.2, 0.25) is 0 Å². The van der Waals surface area contributed by atoms with Gasteiger partial charge < -0.3 is 4.90 Å². The van der Waals surface area contributed by atoms with Crippen molar-refractivity contribution < 1.29 is 4.79 Å². The normalized spacial score (nSPS) is 17.3. The molecule has 1 aliphatic rings. The smallest absolute Gasteiger partial charge is 0.266 e. The van der Waals surface area contributed by atoms with Crippen LogP contribution < -0.4 is 5.56 Å². The minimum absolute atomic E-state index is 0.00925. The van der Waals surface area contributed by atoms with Crippen molar-refractivity contribution in [2.24, 2.45) is 0 Å². The Balaban J connectivity index is 1.57. The van der Waals surface area contributed by atoms with Crippen LogP contribution in [0.3, 0.4) is 0 Å². The second kappa shape index (κ2) is 6.87. The lowest BCUT2D eigenvalue weighted by atomic mass is 9.95. The van der Waals surface area contributed by atoms with E-state index >= 15 is 0 Å². The molecule has 0 bridgehead atoms. The topological polar surface area (TPSA) is 54.7 Å². The first-order chi connectivity index (χ1) is 13.7. The largest absolute Gasteiger partial charge is 0.331 e. The lowest BCUT2D eigenvalue weighted by Gasteiger charge is -2.35. The zero-order valence-corrected chi connectivity index (χ0v) is 16.1. The number of pyridine rings is 1. The molecule has 1 saturated heterocycles. The fourth-order valence-electron chi connectivity index (χ4n) is 3.99. The molecule has 0 radical (unpaired) electrons. The van der Waals surface area contributed by atoms with Gasteiger partial charge in [-0.2, -0.15) is 0 Å². The third-order valence-electron chi connectivity index (χ3n) is 5.37. The number of benzene rings is 1. The molecule has 1 fully saturated rings. The van der Waals surface area contributed by atoms with Gasteiger partial charge in [0, 0.05) is 12.7 Å². The summed E-state index contributed by atoms with van der Waals surface area (Å²) in [5.41, 5.74) is 1.63. The number of piperidine rings is 1. The molecule has 6 heteroatoms. The summed E-state index contributed by atoms with van der Waals surface area (Å²) in [6.07, 6.45) is 4.79. The molecule has 1 aliphatic heterocycles. The summed E-state index contributed by atoms with van der Waals surface area (Å²) in [6, 6.07) is 17.5. The monoisotopic (exact) mass is 389 g/mol. The van der Waals surface area contributed by atoms with E-state index < -0.39 is 0 Å². The van der Waals surface area contributed by atoms with E-state index in [0.717, 1.165) is 25.8 Å². The number of nitrogens with zero attached hydrogens (tertiary/aromatic N) is 3. The number of likely N-dealkylation sites (tertiary alicyclic amines) is 1. The van der Waals surface area contributed by atoms with Gasteiger partial charge in [-0.3, -0.25) is 14.0 Å². The second-order valence-corrected chi connectivity index (χ2v) is 8.13. The summed E-state index contributed by atoms with van der Waals surface area (Å²) in [5.74, 6) is -0.00925. The first-order valence-electron chi connectivity index (χ1n) is 9.49. The van der Waals surface area contributed by atoms with E-state index in [-0.39, 0.29) is 17.5 Å². The van der Waals surface area contributed by atoms with Crippen LogP contribution in [0, 0.1) is 0 Å². The number of rotatable bonds is 2. The molecular weight excluding hydrogens is 370 g/mol. The number of thiophene rings is 1. The fourth-order valence-corrected chi connectivity index (χ4v) is 4.98. The average Bonchev–Trinajstić information content (AvgIpc) is 3.18. The van der Waals surface area contributed by atoms with Crippen LogP contribution in [0.5, 0.6) is 0 Å². The van der Waals surface area contributed by atoms with Crippen LogP contribution >= 0.6 is 11.3 Å². The van der Waals surface area contributed by atoms with Crippen molar-refractivity contribution in [3.05, 3.63) is 81.6 Å². The molecule has 5 rings (SSSR count). The van der Waals surface area contributed by atoms with E-state index in [1.807, 2.05) is 29.2 Å². The van der Waals surface area contributed by atoms with Crippen LogP contribution in [-0.2, 0) is 0 Å². The number of carbonyl (C=O) groups is 1. The third kappa shape index (κ3) is 2.81. The summed E-state index contributed by atoms with van der Waals surface area (Å²) in [6.45, 7) is 0.737. The molecule has 3 aromatic heterocycles. The summed E-state index contributed by atoms with van der Waals surface area (Å²) in [7, 11) is 0. The number of aromatic nitrogens is 2. The highest BCUT2D eigenvalue weighted by Crippen LogP contribution is 2.33. The maximum Gasteiger partial charge on any atom is 0.266 e. The van der Waals surface area contributed by atoms with Gasteiger partial charge in [-0.15, -0.1) is 11.3 Å². The first kappa shape index (κ1) is 17.1. The molecule has 4 aromatic rings. The molecule has 0 spiro atoms. The third-order valence-corrected chi connectivity index (χ3v) is 6.39. The molecule has 0 aliphatic carbocycles. The molecule has 4 heterocycles. The number of hydrogen-bond donors (Lipinski definition) is 0. The van der Waals surface area contributed by atoms with Crippen LogP contribution in [0.1, 0.15) is 40.5 Å². The van der Waals surface area contributed by atoms with Crippen molar-refractivity contribution >= 4 is 33.1 Å². The molecule has 0 saturated carbocycles. The Labute approximate surface area is 165 Å². The Hall–Kier alpha value is -2.99. The maximum atomic E-state index is 13.4. The van der Waals surface area contributed by atoms with E-state index in [1.54, 1.807) is 24.4 Å². The molecular formula is C22H19N3O2S. The Morgan fingerprint density at radius 3 is 2.75 bits per heavy atom. The van der Waals surface area contributed by atoms with Crippen LogP contribution in [0.15, 0.2) is 65.6 Å². The highest BCUT2D eigenvalue weighted by atomic mass is 32.1. The van der Waals surface area contributed by atoms with E-state index in [1.165, 1.54) is 21.3 Å². The minimum atomic E-state index is -0.130. The van der Waals surface area contributed by atoms with Crippen molar-refractivity contribution in [3.8, 4) is 0 Å². The predicted octanol–water partition coefficient (Wildman–Crippen LogP) is 4.28. The molecule has 140 valence electrons. The summed E-state index contributed by atoms with van der Waals surface area (Å²) in [5, 5.41) is 0.505. The van der Waals surface area contributed by atoms with Crippen molar-refractivity contribution in [1.82, 2.24) is 14.3 Å². The van der Waals surface area contributed by atoms with Gasteiger partial charge in [0.25, 0.3) is 11.5 Å². The SMILES string of the molecule is O=C(c1cc2c(=O)n3ccccc3nc2s1)N1CCCCC1c1ccccc1. The fraction of sp³-hybridized carbons (Fsp3) is 0.227. The Bertz CT molecular complexity index is 1230. The number of carbonyl (C=O) groups excluding carboxylic acids is 1. The Morgan fingerprint density at radius 2 is 1.89 bits per heavy atom. The molecule has 0 N–H and O–H groups in total. The summed E-state index contributed by atoms with van der Waals surface area (Å²) in [4.78, 5) is 33.9. The molecule has 1 aromatic carbocycles. The van der Waals surface area contributed by atoms with Crippen LogP contribution in [0.2, 0.25) is 0 Å². The van der Waals surface area contributed by atoms with Crippen molar-refractivity contribution in [3.63, 3.8) is 0 Å². The van der Waals surface area contributed by atoms with Gasteiger partial charge in [0.15, 0.2) is 0 Å². The zero-order valence-electron chi connectivity index (χ0n) is 15.2. The van der Waals surface area contributed by atoms with E-state index in [0.29, 0.717) is 20.7 Å². The Morgan fingerprint density at radius 1 is 1.07 bits per heavy atom. The number of hydrogen-bond acceptors (Lipinski definition) is 4. The molecule has 5 nitrogen and oxygen atoms in total. The minimum Gasteiger partial charge on any atom is -0.331 e. The second-order valence-electron chi connectivity index (χ2n) is 7.10. The predicted molar refractivity (Wildman–Crippen MR) is 111 cm³/mol. The standard InChI is InChI=1S/C22H19N3O2S/c26-21-16-14-18(28-20(16)23-19-11-5-7-13-25(19)21)22(27)24-12-6-4-10-17(24)15-8-2-1-3-9-15/h1-3,5,7-9,11,13-14,17H,4,6,10,12H2. The van der Waals surface area contributed by atoms with Gasteiger partial charge in [-0.25, -0.2) is 4.98 Å². The lowest BCUT2D eigenvalue weighted by Crippen LogP contribution is -2.38. The van der Waals surface area contributed by atoms with Crippen LogP contribution in [0.4, 0.5) is 0 Å². The van der Waals surface area contributed by atoms with Crippen molar-refractivity contribution in [2.75, 3.05) is 6.54 Å². The quantitative estimate of drug-likeness (QED) is 0.514. The van der Waals surface area contributed by atoms with Gasteiger partial charge in [-0.05, 0) is 43.0 Å². The number of fused-ring (bicyclic) bond motifs is 2. The molecule has 28 heavy (non-hydrogen) atoms. The first-order valence-corrected chi connectivity index (χ1v) is 10.3. The summed E-state index contributed by atoms with van der Waals surface area (Å²) < 4.78 is 1.52. The highest BCUT2D eigenvalue weighted by Gasteiger charge is 2.30. The van der Waals surface area contributed by atoms with Gasteiger partial charge in [0.1, 0.15) is 10.5 Å². The lowest BCUT2D eigenvalue weighted by molar-refractivity contribution is 0.0616. The zero-order chi connectivity index (χ0) is 19.1. The molecule has 1 amide bonds. The Kier molecular flexibility index (Phi) is 4.20. The van der Waals surface area contributed by atoms with E-state index in [4.69, 9.17) is 0 Å². The van der Waals surface area contributed by atoms with Crippen molar-refractivity contribution in [2.45, 2.75) is 25.3 Å². The highest BCUT2D eigenvalue weighted by molar-refractivity contribution is 7.20. The number of amides is 1. The van der Waals surface area contributed by atoms with Gasteiger partial charge in [-0.1, -0.05) is 36.4 Å². The van der Waals surface area contributed by atoms with Crippen LogP contribution in [-0.4, -0.2) is 26.7 Å². The van der Waals surface area contributed by atoms with E-state index in [2.05, 4.69) is 17.1 Å². The van der Waals surface area contributed by atoms with Crippen molar-refractivity contribution in [1.29, 1.82) is 0 Å². The molecule has 1 unspecified atom stereocenters. The van der Waals surface area contributed by atoms with Gasteiger partial charge >= 0.3 is 0 Å². The maximum absolute atomic E-state index is 13.4. The van der Waals surface area contributed by atoms with Gasteiger partial charge in [0.05, 0.1) is 16.3 Å². The molecule has 1 atom stereocenters. The van der Waals surface area contributed by atoms with Crippen LogP contribution in [0.25, 0.3) is 15.9 Å². The van der Waals surface area contributed by atoms with E-state index in [9.17, 15) is 9.59 Å². The summed E-state index contributed by atoms with van der Waals surface area (Å²) >= 11 is 1.31. The average molecular weight is 389 g/mol.